The summed E-state index contributed by atoms with van der Waals surface area (Å²) in [5.41, 5.74) is 5.42. The van der Waals surface area contributed by atoms with Gasteiger partial charge in [-0.15, -0.1) is 0 Å². The van der Waals surface area contributed by atoms with Crippen LogP contribution in [0, 0.1) is 11.8 Å². The van der Waals surface area contributed by atoms with Crippen molar-refractivity contribution in [2.45, 2.75) is 59.0 Å². The van der Waals surface area contributed by atoms with E-state index in [1.54, 1.807) is 12.0 Å². The van der Waals surface area contributed by atoms with Crippen molar-refractivity contribution < 1.29 is 4.74 Å². The lowest BCUT2D eigenvalue weighted by molar-refractivity contribution is 0.207. The average Bonchev–Trinajstić information content (AvgIpc) is 2.63. The van der Waals surface area contributed by atoms with E-state index in [0.717, 1.165) is 19.3 Å². The topological polar surface area (TPSA) is 105 Å². The highest BCUT2D eigenvalue weighted by molar-refractivity contribution is 7.80. The molecule has 1 aliphatic carbocycles. The van der Waals surface area contributed by atoms with Gasteiger partial charge in [-0.1, -0.05) is 33.6 Å². The first-order valence-electron chi connectivity index (χ1n) is 9.95. The molecule has 2 atom stereocenters. The number of aromatic nitrogens is 2. The predicted molar refractivity (Wildman–Crippen MR) is 117 cm³/mol. The van der Waals surface area contributed by atoms with Crippen LogP contribution in [0.25, 0.3) is 0 Å². The number of hydrogen-bond acceptors (Lipinski definition) is 5. The zero-order valence-electron chi connectivity index (χ0n) is 17.3. The van der Waals surface area contributed by atoms with E-state index in [9.17, 15) is 9.59 Å². The maximum absolute atomic E-state index is 12.6. The quantitative estimate of drug-likeness (QED) is 0.586. The SMILES string of the molecule is COCCN(C(=S)N[C@@H]1CCCC[C@H]1C)c1c(N)n(CC(C)C)c(=O)[nH]c1=O. The molecular weight excluding hydrogens is 378 g/mol. The van der Waals surface area contributed by atoms with E-state index in [1.807, 2.05) is 13.8 Å². The van der Waals surface area contributed by atoms with Crippen LogP contribution in [0.15, 0.2) is 9.59 Å². The standard InChI is InChI=1S/C19H33N5O3S/c1-12(2)11-24-16(20)15(17(25)22-18(24)26)23(9-10-27-4)19(28)21-14-8-6-5-7-13(14)3/h12-14H,5-11,20H2,1-4H3,(H,21,28)(H,22,25,26)/t13-,14-/m1/s1. The number of nitrogens with one attached hydrogen (secondary N) is 2. The number of nitrogen functional groups attached to an aromatic ring is 1. The molecule has 8 nitrogen and oxygen atoms in total. The van der Waals surface area contributed by atoms with Gasteiger partial charge in [0.25, 0.3) is 5.56 Å². The van der Waals surface area contributed by atoms with Gasteiger partial charge in [-0.05, 0) is 36.9 Å². The molecule has 0 radical (unpaired) electrons. The Labute approximate surface area is 171 Å². The molecule has 158 valence electrons. The van der Waals surface area contributed by atoms with Gasteiger partial charge in [0.1, 0.15) is 5.82 Å². The minimum atomic E-state index is -0.542. The Bertz CT molecular complexity index is 789. The summed E-state index contributed by atoms with van der Waals surface area (Å²) in [5, 5.41) is 3.84. The van der Waals surface area contributed by atoms with Gasteiger partial charge in [0, 0.05) is 26.2 Å². The van der Waals surface area contributed by atoms with Crippen molar-refractivity contribution in [3.8, 4) is 0 Å². The van der Waals surface area contributed by atoms with E-state index in [-0.39, 0.29) is 23.5 Å². The maximum atomic E-state index is 12.6. The van der Waals surface area contributed by atoms with Crippen LogP contribution in [-0.4, -0.2) is 41.0 Å². The lowest BCUT2D eigenvalue weighted by Gasteiger charge is -2.34. The molecule has 1 aliphatic rings. The summed E-state index contributed by atoms with van der Waals surface area (Å²) in [4.78, 5) is 28.9. The van der Waals surface area contributed by atoms with E-state index in [0.29, 0.717) is 30.7 Å². The molecule has 1 aromatic heterocycles. The Hall–Kier alpha value is -1.87. The van der Waals surface area contributed by atoms with E-state index in [2.05, 4.69) is 17.2 Å². The number of nitrogens with zero attached hydrogens (tertiary/aromatic N) is 2. The van der Waals surface area contributed by atoms with E-state index in [1.165, 1.54) is 11.0 Å². The summed E-state index contributed by atoms with van der Waals surface area (Å²) in [7, 11) is 1.59. The molecule has 1 fully saturated rings. The highest BCUT2D eigenvalue weighted by atomic mass is 32.1. The summed E-state index contributed by atoms with van der Waals surface area (Å²) >= 11 is 5.65. The fourth-order valence-corrected chi connectivity index (χ4v) is 3.98. The van der Waals surface area contributed by atoms with E-state index < -0.39 is 11.2 Å². The molecule has 9 heteroatoms. The Balaban J connectivity index is 2.40. The van der Waals surface area contributed by atoms with Crippen molar-refractivity contribution in [1.82, 2.24) is 14.9 Å². The van der Waals surface area contributed by atoms with Gasteiger partial charge in [0.2, 0.25) is 0 Å². The molecule has 0 spiro atoms. The smallest absolute Gasteiger partial charge is 0.330 e. The zero-order chi connectivity index (χ0) is 20.8. The molecule has 0 unspecified atom stereocenters. The Kier molecular flexibility index (Phi) is 8.06. The van der Waals surface area contributed by atoms with Crippen LogP contribution in [0.1, 0.15) is 46.5 Å². The summed E-state index contributed by atoms with van der Waals surface area (Å²) < 4.78 is 6.60. The van der Waals surface area contributed by atoms with Gasteiger partial charge in [-0.3, -0.25) is 14.3 Å². The lowest BCUT2D eigenvalue weighted by Crippen LogP contribution is -2.51. The second-order valence-electron chi connectivity index (χ2n) is 7.96. The fourth-order valence-electron chi connectivity index (χ4n) is 3.65. The van der Waals surface area contributed by atoms with Gasteiger partial charge in [-0.2, -0.15) is 0 Å². The van der Waals surface area contributed by atoms with Gasteiger partial charge >= 0.3 is 5.69 Å². The summed E-state index contributed by atoms with van der Waals surface area (Å²) in [6, 6.07) is 0.258. The first-order valence-corrected chi connectivity index (χ1v) is 10.4. The molecule has 4 N–H and O–H groups in total. The first-order chi connectivity index (χ1) is 13.3. The Morgan fingerprint density at radius 2 is 2.07 bits per heavy atom. The number of hydrogen-bond donors (Lipinski definition) is 3. The zero-order valence-corrected chi connectivity index (χ0v) is 18.1. The van der Waals surface area contributed by atoms with Crippen molar-refractivity contribution in [2.75, 3.05) is 30.9 Å². The molecule has 1 aromatic rings. The third-order valence-corrected chi connectivity index (χ3v) is 5.55. The number of ether oxygens (including phenoxy) is 1. The van der Waals surface area contributed by atoms with Crippen molar-refractivity contribution in [2.24, 2.45) is 11.8 Å². The molecule has 0 aromatic carbocycles. The van der Waals surface area contributed by atoms with Crippen LogP contribution in [0.2, 0.25) is 0 Å². The second kappa shape index (κ2) is 10.1. The Morgan fingerprint density at radius 3 is 2.68 bits per heavy atom. The second-order valence-corrected chi connectivity index (χ2v) is 8.35. The highest BCUT2D eigenvalue weighted by Gasteiger charge is 2.26. The molecule has 0 bridgehead atoms. The van der Waals surface area contributed by atoms with Gasteiger partial charge in [0.15, 0.2) is 10.8 Å². The van der Waals surface area contributed by atoms with Crippen LogP contribution in [0.3, 0.4) is 0 Å². The molecule has 28 heavy (non-hydrogen) atoms. The molecule has 1 saturated carbocycles. The minimum Gasteiger partial charge on any atom is -0.383 e. The van der Waals surface area contributed by atoms with Crippen molar-refractivity contribution in [1.29, 1.82) is 0 Å². The molecule has 0 saturated heterocycles. The number of nitrogens with two attached hydrogens (primary N) is 1. The van der Waals surface area contributed by atoms with Gasteiger partial charge in [0.05, 0.1) is 6.61 Å². The number of anilines is 2. The van der Waals surface area contributed by atoms with E-state index in [4.69, 9.17) is 22.7 Å². The summed E-state index contributed by atoms with van der Waals surface area (Å²) in [5.74, 6) is 0.820. The largest absolute Gasteiger partial charge is 0.383 e. The number of H-pyrrole nitrogens is 1. The van der Waals surface area contributed by atoms with Crippen molar-refractivity contribution in [3.05, 3.63) is 20.8 Å². The molecular formula is C19H33N5O3S. The molecule has 2 rings (SSSR count). The molecule has 0 aliphatic heterocycles. The monoisotopic (exact) mass is 411 g/mol. The van der Waals surface area contributed by atoms with Crippen LogP contribution >= 0.6 is 12.2 Å². The maximum Gasteiger partial charge on any atom is 0.330 e. The number of methoxy groups -OCH3 is 1. The third-order valence-electron chi connectivity index (χ3n) is 5.22. The average molecular weight is 412 g/mol. The van der Waals surface area contributed by atoms with Crippen molar-refractivity contribution >= 4 is 28.8 Å². The summed E-state index contributed by atoms with van der Waals surface area (Å²) in [6.07, 6.45) is 4.58. The molecule has 0 amide bonds. The Morgan fingerprint density at radius 1 is 1.39 bits per heavy atom. The van der Waals surface area contributed by atoms with Crippen LogP contribution in [0.4, 0.5) is 11.5 Å². The first kappa shape index (κ1) is 22.4. The van der Waals surface area contributed by atoms with Gasteiger partial charge in [-0.25, -0.2) is 4.79 Å². The summed E-state index contributed by atoms with van der Waals surface area (Å²) in [6.45, 7) is 7.31. The van der Waals surface area contributed by atoms with Crippen molar-refractivity contribution in [3.63, 3.8) is 0 Å². The van der Waals surface area contributed by atoms with Crippen LogP contribution in [-0.2, 0) is 11.3 Å². The normalized spacial score (nSPS) is 19.6. The number of rotatable bonds is 7. The predicted octanol–water partition coefficient (Wildman–Crippen LogP) is 1.68. The highest BCUT2D eigenvalue weighted by Crippen LogP contribution is 2.25. The van der Waals surface area contributed by atoms with Crippen LogP contribution in [0.5, 0.6) is 0 Å². The van der Waals surface area contributed by atoms with E-state index >= 15 is 0 Å². The molecule has 1 heterocycles. The van der Waals surface area contributed by atoms with Gasteiger partial charge < -0.3 is 20.7 Å². The fraction of sp³-hybridized carbons (Fsp3) is 0.737. The number of aromatic amines is 1. The number of thiocarbonyl (C=S) groups is 1. The van der Waals surface area contributed by atoms with Crippen LogP contribution < -0.4 is 27.2 Å². The third kappa shape index (κ3) is 5.35. The lowest BCUT2D eigenvalue weighted by atomic mass is 9.86. The minimum absolute atomic E-state index is 0.124.